The van der Waals surface area contributed by atoms with Crippen molar-refractivity contribution >= 4 is 45.3 Å². The minimum Gasteiger partial charge on any atom is -0.472 e. The van der Waals surface area contributed by atoms with Crippen LogP contribution in [0.5, 0.6) is 11.5 Å². The zero-order chi connectivity index (χ0) is 103. The predicted molar refractivity (Wildman–Crippen MR) is 586 cm³/mol. The SMILES string of the molecule is CC(C)c1ccc2c(c1)OCO2.CC(C)c1ccccn1.CC(C)c1cccnc1.CC(C)c1ccco1.CC(C)c1cccs1.CC(C)c1ccn[nH]1.CC(C)c1ccncc1.CC(C)c1ccncn1.CC(C)c1ccoc1.CC(C)c1ccsc1.CC(C)c1cn[nH]c1.CC(C)c1cnccn1.CC(C)c1cncnc1.CC(C)c1cscn1.CC(C)c1ncccn1.CC(C)c1nccs1. The number of fused-ring (bicyclic) bond motifs is 1. The van der Waals surface area contributed by atoms with E-state index in [0.717, 1.165) is 40.2 Å². The van der Waals surface area contributed by atoms with Gasteiger partial charge in [-0.1, -0.05) is 246 Å². The molecule has 0 saturated heterocycles. The quantitative estimate of drug-likeness (QED) is 0.0910. The minimum atomic E-state index is 0.358. The summed E-state index contributed by atoms with van der Waals surface area (Å²) in [6, 6.07) is 38.3. The maximum absolute atomic E-state index is 5.27. The highest BCUT2D eigenvalue weighted by Crippen LogP contribution is 2.35. The molecule has 2 N–H and O–H groups in total. The van der Waals surface area contributed by atoms with Gasteiger partial charge in [-0.05, 0) is 223 Å². The average molecular weight is 1960 g/mol. The molecule has 1 aliphatic rings. The number of thiazole rings is 2. The van der Waals surface area contributed by atoms with E-state index in [-0.39, 0.29) is 0 Å². The lowest BCUT2D eigenvalue weighted by atomic mass is 10.0. The number of rotatable bonds is 16. The third-order valence-electron chi connectivity index (χ3n) is 19.7. The Bertz CT molecular complexity index is 4420. The molecular formula is C114H163N17O4S4. The number of ether oxygens (including phenoxy) is 2. The Labute approximate surface area is 850 Å². The van der Waals surface area contributed by atoms with Gasteiger partial charge >= 0.3 is 0 Å². The van der Waals surface area contributed by atoms with Crippen molar-refractivity contribution in [2.24, 2.45) is 0 Å². The number of furan rings is 2. The fourth-order valence-corrected chi connectivity index (χ4v) is 13.5. The molecule has 0 radical (unpaired) electrons. The number of thiophene rings is 2. The fraction of sp³-hybridized carbons (Fsp3) is 0.430. The molecular weight excluding hydrogens is 1800 g/mol. The number of aromatic nitrogens is 17. The van der Waals surface area contributed by atoms with Crippen LogP contribution < -0.4 is 9.47 Å². The van der Waals surface area contributed by atoms with Gasteiger partial charge in [0.2, 0.25) is 6.79 Å². The first-order valence-corrected chi connectivity index (χ1v) is 52.0. The van der Waals surface area contributed by atoms with E-state index in [1.165, 1.54) is 60.2 Å². The van der Waals surface area contributed by atoms with Gasteiger partial charge in [-0.3, -0.25) is 35.1 Å². The van der Waals surface area contributed by atoms with Gasteiger partial charge in [0.25, 0.3) is 0 Å². The van der Waals surface area contributed by atoms with Crippen molar-refractivity contribution in [1.29, 1.82) is 0 Å². The highest BCUT2D eigenvalue weighted by atomic mass is 32.1. The Hall–Kier alpha value is -11.8. The number of nitrogens with one attached hydrogen (secondary N) is 2. The summed E-state index contributed by atoms with van der Waals surface area (Å²) in [5.41, 5.74) is 16.7. The van der Waals surface area contributed by atoms with Crippen molar-refractivity contribution in [3.63, 3.8) is 0 Å². The van der Waals surface area contributed by atoms with Gasteiger partial charge < -0.3 is 18.3 Å². The summed E-state index contributed by atoms with van der Waals surface area (Å²) in [6.07, 6.45) is 39.1. The molecule has 21 nitrogen and oxygen atoms in total. The second kappa shape index (κ2) is 74.3. The molecule has 0 amide bonds. The van der Waals surface area contributed by atoms with Gasteiger partial charge in [0, 0.05) is 150 Å². The van der Waals surface area contributed by atoms with Crippen molar-refractivity contribution < 1.29 is 18.3 Å². The van der Waals surface area contributed by atoms with E-state index in [9.17, 15) is 0 Å². The van der Waals surface area contributed by atoms with Gasteiger partial charge in [-0.2, -0.15) is 21.5 Å². The number of benzene rings is 1. The predicted octanol–water partition coefficient (Wildman–Crippen LogP) is 33.7. The molecule has 25 heteroatoms. The molecule has 17 rings (SSSR count). The smallest absolute Gasteiger partial charge is 0.231 e. The van der Waals surface area contributed by atoms with Crippen LogP contribution in [-0.2, 0) is 0 Å². The topological polar surface area (TPSA) is 270 Å². The summed E-state index contributed by atoms with van der Waals surface area (Å²) in [5.74, 6) is 12.8. The summed E-state index contributed by atoms with van der Waals surface area (Å²) in [5, 5.41) is 25.0. The van der Waals surface area contributed by atoms with Crippen LogP contribution in [0.25, 0.3) is 0 Å². The second-order valence-corrected chi connectivity index (χ2v) is 40.3. The molecule has 16 heterocycles. The van der Waals surface area contributed by atoms with E-state index in [1.54, 1.807) is 115 Å². The van der Waals surface area contributed by atoms with Gasteiger partial charge in [0.15, 0.2) is 11.5 Å². The van der Waals surface area contributed by atoms with E-state index in [0.29, 0.717) is 101 Å². The summed E-state index contributed by atoms with van der Waals surface area (Å²) < 4.78 is 20.4. The lowest BCUT2D eigenvalue weighted by molar-refractivity contribution is 0.174. The molecule has 0 aliphatic carbocycles. The Morgan fingerprint density at radius 3 is 1.24 bits per heavy atom. The Morgan fingerprint density at radius 1 is 0.302 bits per heavy atom. The monoisotopic (exact) mass is 1960 g/mol. The van der Waals surface area contributed by atoms with E-state index >= 15 is 0 Å². The molecule has 0 atom stereocenters. The lowest BCUT2D eigenvalue weighted by Gasteiger charge is -2.05. The number of hydrogen-bond acceptors (Lipinski definition) is 23. The molecule has 15 aromatic heterocycles. The van der Waals surface area contributed by atoms with E-state index in [4.69, 9.17) is 18.3 Å². The van der Waals surface area contributed by atoms with Crippen molar-refractivity contribution in [2.45, 2.75) is 316 Å². The fourth-order valence-electron chi connectivity index (χ4n) is 10.6. The minimum absolute atomic E-state index is 0.358. The molecule has 0 bridgehead atoms. The third-order valence-corrected chi connectivity index (χ3v) is 23.3. The average Bonchev–Trinajstić information content (AvgIpc) is 1.70. The number of aromatic amines is 2. The number of hydrogen-bond donors (Lipinski definition) is 2. The van der Waals surface area contributed by atoms with E-state index in [2.05, 4.69) is 359 Å². The molecule has 0 fully saturated rings. The molecule has 16 aromatic rings. The zero-order valence-electron chi connectivity index (χ0n) is 89.1. The van der Waals surface area contributed by atoms with Crippen molar-refractivity contribution in [2.75, 3.05) is 6.79 Å². The van der Waals surface area contributed by atoms with Crippen molar-refractivity contribution in [3.8, 4) is 11.5 Å². The molecule has 1 aromatic carbocycles. The molecule has 1 aliphatic heterocycles. The summed E-state index contributed by atoms with van der Waals surface area (Å²) in [4.78, 5) is 53.7. The van der Waals surface area contributed by atoms with Crippen molar-refractivity contribution in [1.82, 2.24) is 85.2 Å². The summed E-state index contributed by atoms with van der Waals surface area (Å²) in [6.45, 7) is 69.0. The molecule has 752 valence electrons. The van der Waals surface area contributed by atoms with Crippen LogP contribution in [0.15, 0.2) is 293 Å². The zero-order valence-corrected chi connectivity index (χ0v) is 92.3. The first kappa shape index (κ1) is 123. The van der Waals surface area contributed by atoms with E-state index in [1.807, 2.05) is 163 Å². The van der Waals surface area contributed by atoms with Crippen LogP contribution in [-0.4, -0.2) is 92.0 Å². The van der Waals surface area contributed by atoms with Gasteiger partial charge in [-0.25, -0.2) is 39.9 Å². The highest BCUT2D eigenvalue weighted by Gasteiger charge is 2.15. The van der Waals surface area contributed by atoms with Gasteiger partial charge in [0.1, 0.15) is 24.2 Å². The van der Waals surface area contributed by atoms with Gasteiger partial charge in [0.05, 0.1) is 46.9 Å². The Balaban J connectivity index is 0.000000502. The van der Waals surface area contributed by atoms with Crippen LogP contribution in [0.2, 0.25) is 0 Å². The van der Waals surface area contributed by atoms with Crippen LogP contribution in [0.1, 0.15) is 405 Å². The standard InChI is InChI=1S/C10H12O2.3C8H11N.4C7H10N2.2C7H10O.2C7H10S.2C6H10N2.2C6H9NS/c1-7(2)8-3-4-9-10(5-8)12-6-11-9;1-7(2)8-3-5-9-6-4-8;1-7(2)8-4-3-5-9-6-8;1-7(2)8-5-3-4-6-9-8;1-6(2)7-3-8-5-9-4-7;1-6(2)7-5-8-3-4-9-7;1-6(2)7-3-4-8-5-9-7;1-6(2)7-8-4-3-5-9-7;1-6(2)7-3-4-8-5-7;1-6(2)7-4-3-5-8-7;1-6(2)7-3-4-8-5-7;1-6(2)7-4-3-5-8-7;1-5(2)6-3-7-8-4-6;1-5(2)6-3-4-7-8-6;1-5(2)6-3-8-4-7-6;1-5(2)6-7-3-4-8-6/h3-5,7H,6H2,1-2H3;3*3-7H,1-2H3;4*3-6H,1-2H3;4*3-6H,1-2H3;2*3-5H,1-2H3,(H,7,8);2*3-5H,1-2H3. The maximum Gasteiger partial charge on any atom is 0.231 e. The van der Waals surface area contributed by atoms with Crippen LogP contribution in [0.4, 0.5) is 0 Å². The normalized spacial score (nSPS) is 10.6. The number of H-pyrrole nitrogens is 2. The van der Waals surface area contributed by atoms with E-state index < -0.39 is 0 Å². The first-order chi connectivity index (χ1) is 66.3. The maximum atomic E-state index is 5.27. The van der Waals surface area contributed by atoms with Crippen LogP contribution in [0, 0.1) is 0 Å². The summed E-state index contributed by atoms with van der Waals surface area (Å²) in [7, 11) is 0. The molecule has 0 unspecified atom stereocenters. The highest BCUT2D eigenvalue weighted by molar-refractivity contribution is 7.10. The lowest BCUT2D eigenvalue weighted by Crippen LogP contribution is -1.93. The largest absolute Gasteiger partial charge is 0.472 e. The third kappa shape index (κ3) is 58.0. The number of nitrogens with zero attached hydrogens (tertiary/aromatic N) is 15. The molecule has 0 saturated carbocycles. The molecule has 139 heavy (non-hydrogen) atoms. The number of pyridine rings is 3. The van der Waals surface area contributed by atoms with Crippen LogP contribution >= 0.6 is 45.3 Å². The summed E-state index contributed by atoms with van der Waals surface area (Å²) >= 11 is 6.98. The first-order valence-electron chi connectivity index (χ1n) is 48.3. The van der Waals surface area contributed by atoms with Crippen molar-refractivity contribution in [3.05, 3.63) is 373 Å². The Kier molecular flexibility index (Phi) is 65.9. The second-order valence-electron chi connectivity index (χ2n) is 36.9. The van der Waals surface area contributed by atoms with Crippen LogP contribution in [0.3, 0.4) is 0 Å². The molecule has 0 spiro atoms. The van der Waals surface area contributed by atoms with Gasteiger partial charge in [-0.15, -0.1) is 34.0 Å². The Morgan fingerprint density at radius 2 is 0.914 bits per heavy atom.